The van der Waals surface area contributed by atoms with Gasteiger partial charge in [0.15, 0.2) is 11.0 Å². The Bertz CT molecular complexity index is 1740. The van der Waals surface area contributed by atoms with E-state index in [0.29, 0.717) is 23.2 Å². The van der Waals surface area contributed by atoms with Crippen LogP contribution in [0, 0.1) is 22.9 Å². The number of hydrogen-bond donors (Lipinski definition) is 1. The van der Waals surface area contributed by atoms with Crippen molar-refractivity contribution < 1.29 is 23.6 Å². The molecule has 12 nitrogen and oxygen atoms in total. The Labute approximate surface area is 256 Å². The molecule has 0 spiro atoms. The third-order valence-electron chi connectivity index (χ3n) is 7.25. The standard InChI is InChI=1S/C30H28FN7O5S/c1-18-23(5-4-6-25(18)38(41)42)29(40)32-16-27-33-34-30(36(27)2)44-17-28(39)37-26(20-7-11-21(31)12-8-20)15-24(35-37)19-9-13-22(43-3)14-10-19/h4-14,26H,15-17H2,1-3H3,(H,32,40)/t26-/m1/s1. The average molecular weight is 618 g/mol. The highest BCUT2D eigenvalue weighted by molar-refractivity contribution is 7.99. The predicted octanol–water partition coefficient (Wildman–Crippen LogP) is 4.58. The molecule has 1 atom stereocenters. The average Bonchev–Trinajstić information content (AvgIpc) is 3.63. The molecule has 1 N–H and O–H groups in total. The fourth-order valence-corrected chi connectivity index (χ4v) is 5.56. The first-order valence-corrected chi connectivity index (χ1v) is 14.5. The Balaban J connectivity index is 1.27. The summed E-state index contributed by atoms with van der Waals surface area (Å²) in [7, 11) is 3.30. The van der Waals surface area contributed by atoms with Gasteiger partial charge < -0.3 is 14.6 Å². The number of amides is 2. The van der Waals surface area contributed by atoms with Crippen LogP contribution < -0.4 is 10.1 Å². The van der Waals surface area contributed by atoms with Crippen LogP contribution in [0.3, 0.4) is 0 Å². The summed E-state index contributed by atoms with van der Waals surface area (Å²) in [6, 6.07) is 17.3. The summed E-state index contributed by atoms with van der Waals surface area (Å²) in [5.41, 5.74) is 2.64. The van der Waals surface area contributed by atoms with Gasteiger partial charge in [0.1, 0.15) is 11.6 Å². The van der Waals surface area contributed by atoms with E-state index in [4.69, 9.17) is 4.74 Å². The third kappa shape index (κ3) is 6.44. The van der Waals surface area contributed by atoms with E-state index in [2.05, 4.69) is 20.6 Å². The van der Waals surface area contributed by atoms with E-state index in [0.717, 1.165) is 16.8 Å². The lowest BCUT2D eigenvalue weighted by Gasteiger charge is -2.22. The third-order valence-corrected chi connectivity index (χ3v) is 8.25. The lowest BCUT2D eigenvalue weighted by Crippen LogP contribution is -2.28. The number of rotatable bonds is 10. The molecule has 226 valence electrons. The Hall–Kier alpha value is -5.11. The first kappa shape index (κ1) is 30.4. The van der Waals surface area contributed by atoms with Crippen molar-refractivity contribution in [3.63, 3.8) is 0 Å². The quantitative estimate of drug-likeness (QED) is 0.155. The number of nitro benzene ring substituents is 1. The smallest absolute Gasteiger partial charge is 0.273 e. The van der Waals surface area contributed by atoms with Gasteiger partial charge in [0.2, 0.25) is 0 Å². The Morgan fingerprint density at radius 1 is 1.11 bits per heavy atom. The molecule has 0 radical (unpaired) electrons. The summed E-state index contributed by atoms with van der Waals surface area (Å²) in [4.78, 5) is 36.9. The van der Waals surface area contributed by atoms with Crippen LogP contribution in [0.4, 0.5) is 10.1 Å². The summed E-state index contributed by atoms with van der Waals surface area (Å²) < 4.78 is 20.6. The number of methoxy groups -OCH3 is 1. The highest BCUT2D eigenvalue weighted by atomic mass is 32.2. The molecular formula is C30H28FN7O5S. The molecule has 2 heterocycles. The van der Waals surface area contributed by atoms with Gasteiger partial charge in [0.25, 0.3) is 17.5 Å². The molecule has 0 saturated carbocycles. The van der Waals surface area contributed by atoms with Crippen molar-refractivity contribution >= 4 is 35.0 Å². The van der Waals surface area contributed by atoms with E-state index in [-0.39, 0.29) is 40.8 Å². The van der Waals surface area contributed by atoms with E-state index in [9.17, 15) is 24.1 Å². The second-order valence-electron chi connectivity index (χ2n) is 9.92. The maximum Gasteiger partial charge on any atom is 0.273 e. The van der Waals surface area contributed by atoms with Crippen LogP contribution in [-0.2, 0) is 18.4 Å². The lowest BCUT2D eigenvalue weighted by molar-refractivity contribution is -0.385. The molecule has 4 aromatic rings. The van der Waals surface area contributed by atoms with E-state index in [1.165, 1.54) is 54.0 Å². The molecule has 5 rings (SSSR count). The summed E-state index contributed by atoms with van der Waals surface area (Å²) >= 11 is 1.17. The van der Waals surface area contributed by atoms with Gasteiger partial charge in [-0.1, -0.05) is 30.0 Å². The SMILES string of the molecule is COc1ccc(C2=NN(C(=O)CSc3nnc(CNC(=O)c4cccc([N+](=O)[O-])c4C)n3C)[C@@H](c3ccc(F)cc3)C2)cc1. The molecule has 1 aliphatic heterocycles. The van der Waals surface area contributed by atoms with Gasteiger partial charge in [-0.2, -0.15) is 5.10 Å². The molecule has 0 fully saturated rings. The number of halogens is 1. The van der Waals surface area contributed by atoms with Crippen LogP contribution in [0.25, 0.3) is 0 Å². The maximum absolute atomic E-state index is 13.7. The minimum absolute atomic E-state index is 0.00228. The van der Waals surface area contributed by atoms with Crippen LogP contribution >= 0.6 is 11.8 Å². The molecule has 1 aliphatic rings. The summed E-state index contributed by atoms with van der Waals surface area (Å²) in [5, 5.41) is 28.8. The van der Waals surface area contributed by atoms with Crippen LogP contribution in [0.15, 0.2) is 77.0 Å². The number of hydrazone groups is 1. The monoisotopic (exact) mass is 617 g/mol. The highest BCUT2D eigenvalue weighted by Gasteiger charge is 2.33. The molecule has 2 amide bonds. The van der Waals surface area contributed by atoms with E-state index in [1.807, 2.05) is 24.3 Å². The number of aromatic nitrogens is 3. The number of benzene rings is 3. The fraction of sp³-hybridized carbons (Fsp3) is 0.233. The normalized spacial score (nSPS) is 14.3. The van der Waals surface area contributed by atoms with Crippen molar-refractivity contribution in [2.75, 3.05) is 12.9 Å². The second-order valence-corrected chi connectivity index (χ2v) is 10.9. The fourth-order valence-electron chi connectivity index (χ4n) is 4.78. The Morgan fingerprint density at radius 3 is 2.52 bits per heavy atom. The number of carbonyl (C=O) groups is 2. The number of nitrogens with one attached hydrogen (secondary N) is 1. The topological polar surface area (TPSA) is 145 Å². The molecule has 0 bridgehead atoms. The van der Waals surface area contributed by atoms with E-state index < -0.39 is 16.9 Å². The zero-order valence-electron chi connectivity index (χ0n) is 24.1. The molecule has 0 unspecified atom stereocenters. The van der Waals surface area contributed by atoms with Crippen LogP contribution in [-0.4, -0.2) is 55.1 Å². The van der Waals surface area contributed by atoms with Crippen LogP contribution in [0.2, 0.25) is 0 Å². The number of hydrogen-bond acceptors (Lipinski definition) is 9. The second kappa shape index (κ2) is 13.0. The first-order chi connectivity index (χ1) is 21.2. The number of ether oxygens (including phenoxy) is 1. The van der Waals surface area contributed by atoms with Crippen molar-refractivity contribution in [2.45, 2.75) is 31.1 Å². The summed E-state index contributed by atoms with van der Waals surface area (Å²) in [6.07, 6.45) is 0.451. The molecule has 0 aliphatic carbocycles. The summed E-state index contributed by atoms with van der Waals surface area (Å²) in [6.45, 7) is 1.54. The lowest BCUT2D eigenvalue weighted by atomic mass is 9.98. The van der Waals surface area contributed by atoms with Crippen molar-refractivity contribution in [1.29, 1.82) is 0 Å². The molecule has 3 aromatic carbocycles. The first-order valence-electron chi connectivity index (χ1n) is 13.5. The summed E-state index contributed by atoms with van der Waals surface area (Å²) in [5.74, 6) is 0.0142. The largest absolute Gasteiger partial charge is 0.497 e. The van der Waals surface area contributed by atoms with E-state index >= 15 is 0 Å². The van der Waals surface area contributed by atoms with Gasteiger partial charge >= 0.3 is 0 Å². The van der Waals surface area contributed by atoms with Crippen molar-refractivity contribution in [3.8, 4) is 5.75 Å². The van der Waals surface area contributed by atoms with Gasteiger partial charge in [-0.3, -0.25) is 19.7 Å². The van der Waals surface area contributed by atoms with Gasteiger partial charge in [0, 0.05) is 30.7 Å². The zero-order valence-corrected chi connectivity index (χ0v) is 24.9. The number of thioether (sulfide) groups is 1. The van der Waals surface area contributed by atoms with Gasteiger partial charge in [0.05, 0.1) is 36.1 Å². The number of nitrogens with zero attached hydrogens (tertiary/aromatic N) is 6. The van der Waals surface area contributed by atoms with Gasteiger partial charge in [-0.15, -0.1) is 10.2 Å². The molecule has 14 heteroatoms. The zero-order chi connectivity index (χ0) is 31.4. The van der Waals surface area contributed by atoms with Crippen molar-refractivity contribution in [3.05, 3.63) is 111 Å². The van der Waals surface area contributed by atoms with E-state index in [1.54, 1.807) is 30.9 Å². The predicted molar refractivity (Wildman–Crippen MR) is 161 cm³/mol. The molecule has 44 heavy (non-hydrogen) atoms. The van der Waals surface area contributed by atoms with Crippen molar-refractivity contribution in [2.24, 2.45) is 12.1 Å². The van der Waals surface area contributed by atoms with Crippen LogP contribution in [0.1, 0.15) is 45.3 Å². The van der Waals surface area contributed by atoms with Crippen LogP contribution in [0.5, 0.6) is 5.75 Å². The Morgan fingerprint density at radius 2 is 1.84 bits per heavy atom. The number of nitro groups is 1. The van der Waals surface area contributed by atoms with Crippen molar-refractivity contribution in [1.82, 2.24) is 25.1 Å². The number of carbonyl (C=O) groups excluding carboxylic acids is 2. The minimum Gasteiger partial charge on any atom is -0.497 e. The molecule has 1 aromatic heterocycles. The molecular weight excluding hydrogens is 589 g/mol. The van der Waals surface area contributed by atoms with Gasteiger partial charge in [-0.25, -0.2) is 9.40 Å². The maximum atomic E-state index is 13.7. The molecule has 0 saturated heterocycles. The van der Waals surface area contributed by atoms with Gasteiger partial charge in [-0.05, 0) is 60.5 Å². The minimum atomic E-state index is -0.533. The highest BCUT2D eigenvalue weighted by Crippen LogP contribution is 2.34. The Kier molecular flexibility index (Phi) is 8.99.